The Morgan fingerprint density at radius 3 is 2.18 bits per heavy atom. The van der Waals surface area contributed by atoms with Gasteiger partial charge >= 0.3 is 11.9 Å². The van der Waals surface area contributed by atoms with E-state index in [9.17, 15) is 9.59 Å². The third-order valence-electron chi connectivity index (χ3n) is 2.40. The third-order valence-corrected chi connectivity index (χ3v) is 2.40. The van der Waals surface area contributed by atoms with Crippen molar-refractivity contribution in [3.63, 3.8) is 0 Å². The second-order valence-corrected chi connectivity index (χ2v) is 4.56. The van der Waals surface area contributed by atoms with Crippen LogP contribution in [0, 0.1) is 5.92 Å². The van der Waals surface area contributed by atoms with Gasteiger partial charge in [-0.2, -0.15) is 0 Å². The van der Waals surface area contributed by atoms with Gasteiger partial charge in [-0.1, -0.05) is 13.8 Å². The van der Waals surface area contributed by atoms with E-state index in [1.54, 1.807) is 0 Å². The highest BCUT2D eigenvalue weighted by Gasteiger charge is 2.20. The molecule has 1 aliphatic rings. The second-order valence-electron chi connectivity index (χ2n) is 4.56. The summed E-state index contributed by atoms with van der Waals surface area (Å²) in [4.78, 5) is 20.2. The Balaban J connectivity index is 0.000000302. The molecule has 0 spiro atoms. The maximum absolute atomic E-state index is 10.1. The van der Waals surface area contributed by atoms with Crippen molar-refractivity contribution in [1.82, 2.24) is 5.32 Å². The molecule has 1 unspecified atom stereocenters. The SMILES string of the molecule is CC(C)CC(N)C(=O)O.O=C(O)[C@@H]1CCCN1. The van der Waals surface area contributed by atoms with E-state index in [2.05, 4.69) is 5.32 Å². The molecule has 1 fully saturated rings. The number of hydrogen-bond donors (Lipinski definition) is 4. The molecule has 0 aromatic heterocycles. The third kappa shape index (κ3) is 7.70. The van der Waals surface area contributed by atoms with Crippen LogP contribution in [0.25, 0.3) is 0 Å². The lowest BCUT2D eigenvalue weighted by Crippen LogP contribution is -2.31. The predicted molar refractivity (Wildman–Crippen MR) is 63.7 cm³/mol. The lowest BCUT2D eigenvalue weighted by molar-refractivity contribution is -0.139. The van der Waals surface area contributed by atoms with Crippen LogP contribution in [0.4, 0.5) is 0 Å². The first kappa shape index (κ1) is 15.9. The fourth-order valence-corrected chi connectivity index (χ4v) is 1.50. The molecule has 0 saturated carbocycles. The summed E-state index contributed by atoms with van der Waals surface area (Å²) >= 11 is 0. The molecule has 0 bridgehead atoms. The molecule has 1 saturated heterocycles. The molecule has 0 aliphatic carbocycles. The zero-order chi connectivity index (χ0) is 13.4. The molecule has 1 heterocycles. The predicted octanol–water partition coefficient (Wildman–Crippen LogP) is 0.267. The van der Waals surface area contributed by atoms with Gasteiger partial charge < -0.3 is 21.3 Å². The number of nitrogens with one attached hydrogen (secondary N) is 1. The summed E-state index contributed by atoms with van der Waals surface area (Å²) in [5.74, 6) is -1.28. The summed E-state index contributed by atoms with van der Waals surface area (Å²) in [5.41, 5.74) is 5.22. The van der Waals surface area contributed by atoms with Crippen molar-refractivity contribution >= 4 is 11.9 Å². The van der Waals surface area contributed by atoms with Crippen LogP contribution in [0.5, 0.6) is 0 Å². The highest BCUT2D eigenvalue weighted by molar-refractivity contribution is 5.73. The molecule has 0 aromatic rings. The number of carboxylic acids is 2. The van der Waals surface area contributed by atoms with Crippen molar-refractivity contribution in [2.45, 2.75) is 45.2 Å². The average Bonchev–Trinajstić information content (AvgIpc) is 2.69. The maximum atomic E-state index is 10.1. The minimum atomic E-state index is -0.913. The molecular weight excluding hydrogens is 224 g/mol. The number of rotatable bonds is 4. The van der Waals surface area contributed by atoms with Crippen LogP contribution in [0.3, 0.4) is 0 Å². The van der Waals surface area contributed by atoms with E-state index in [4.69, 9.17) is 15.9 Å². The van der Waals surface area contributed by atoms with Crippen molar-refractivity contribution in [2.24, 2.45) is 11.7 Å². The Hall–Kier alpha value is -1.14. The first-order valence-electron chi connectivity index (χ1n) is 5.79. The number of carboxylic acid groups (broad SMARTS) is 2. The summed E-state index contributed by atoms with van der Waals surface area (Å²) in [6.07, 6.45) is 2.33. The molecule has 17 heavy (non-hydrogen) atoms. The van der Waals surface area contributed by atoms with Gasteiger partial charge in [0, 0.05) is 0 Å². The first-order chi connectivity index (χ1) is 7.84. The van der Waals surface area contributed by atoms with Gasteiger partial charge in [-0.3, -0.25) is 9.59 Å². The monoisotopic (exact) mass is 246 g/mol. The Labute approximate surface area is 101 Å². The molecule has 0 amide bonds. The summed E-state index contributed by atoms with van der Waals surface area (Å²) in [5, 5.41) is 19.5. The first-order valence-corrected chi connectivity index (χ1v) is 5.79. The smallest absolute Gasteiger partial charge is 0.320 e. The van der Waals surface area contributed by atoms with Crippen LogP contribution in [0.15, 0.2) is 0 Å². The molecule has 6 heteroatoms. The number of aliphatic carboxylic acids is 2. The normalized spacial score (nSPS) is 20.6. The Bertz CT molecular complexity index is 250. The van der Waals surface area contributed by atoms with Crippen molar-refractivity contribution < 1.29 is 19.8 Å². The van der Waals surface area contributed by atoms with Crippen molar-refractivity contribution in [1.29, 1.82) is 0 Å². The molecule has 1 aliphatic heterocycles. The van der Waals surface area contributed by atoms with Crippen LogP contribution in [0.2, 0.25) is 0 Å². The van der Waals surface area contributed by atoms with Gasteiger partial charge in [0.15, 0.2) is 0 Å². The maximum Gasteiger partial charge on any atom is 0.320 e. The van der Waals surface area contributed by atoms with Crippen LogP contribution < -0.4 is 11.1 Å². The average molecular weight is 246 g/mol. The second kappa shape index (κ2) is 8.03. The van der Waals surface area contributed by atoms with Gasteiger partial charge in [0.25, 0.3) is 0 Å². The summed E-state index contributed by atoms with van der Waals surface area (Å²) in [6, 6.07) is -0.958. The van der Waals surface area contributed by atoms with Crippen LogP contribution >= 0.6 is 0 Å². The minimum Gasteiger partial charge on any atom is -0.480 e. The van der Waals surface area contributed by atoms with E-state index in [-0.39, 0.29) is 6.04 Å². The number of hydrogen-bond acceptors (Lipinski definition) is 4. The van der Waals surface area contributed by atoms with Crippen LogP contribution in [-0.2, 0) is 9.59 Å². The zero-order valence-corrected chi connectivity index (χ0v) is 10.3. The standard InChI is InChI=1S/C6H13NO2.C5H9NO2/c1-4(2)3-5(7)6(8)9;7-5(8)4-2-1-3-6-4/h4-5H,3,7H2,1-2H3,(H,8,9);4,6H,1-3H2,(H,7,8)/t;4-/m.0/s1. The van der Waals surface area contributed by atoms with Gasteiger partial charge in [-0.25, -0.2) is 0 Å². The Morgan fingerprint density at radius 1 is 1.41 bits per heavy atom. The van der Waals surface area contributed by atoms with Crippen molar-refractivity contribution in [3.8, 4) is 0 Å². The van der Waals surface area contributed by atoms with Gasteiger partial charge in [-0.05, 0) is 31.7 Å². The summed E-state index contributed by atoms with van der Waals surface area (Å²) < 4.78 is 0. The highest BCUT2D eigenvalue weighted by Crippen LogP contribution is 2.03. The lowest BCUT2D eigenvalue weighted by Gasteiger charge is -2.07. The minimum absolute atomic E-state index is 0.269. The van der Waals surface area contributed by atoms with Crippen LogP contribution in [0.1, 0.15) is 33.1 Å². The summed E-state index contributed by atoms with van der Waals surface area (Å²) in [7, 11) is 0. The molecular formula is C11H22N2O4. The zero-order valence-electron chi connectivity index (χ0n) is 10.3. The van der Waals surface area contributed by atoms with E-state index in [0.717, 1.165) is 19.4 Å². The quantitative estimate of drug-likeness (QED) is 0.566. The number of carbonyl (C=O) groups is 2. The van der Waals surface area contributed by atoms with E-state index >= 15 is 0 Å². The molecule has 6 nitrogen and oxygen atoms in total. The molecule has 0 radical (unpaired) electrons. The van der Waals surface area contributed by atoms with Crippen LogP contribution in [-0.4, -0.2) is 40.8 Å². The highest BCUT2D eigenvalue weighted by atomic mass is 16.4. The largest absolute Gasteiger partial charge is 0.480 e. The summed E-state index contributed by atoms with van der Waals surface area (Å²) in [6.45, 7) is 4.75. The fourth-order valence-electron chi connectivity index (χ4n) is 1.50. The van der Waals surface area contributed by atoms with Gasteiger partial charge in [0.1, 0.15) is 12.1 Å². The molecule has 5 N–H and O–H groups in total. The van der Waals surface area contributed by atoms with E-state index in [0.29, 0.717) is 12.3 Å². The Morgan fingerprint density at radius 2 is 2.00 bits per heavy atom. The molecule has 100 valence electrons. The van der Waals surface area contributed by atoms with Gasteiger partial charge in [-0.15, -0.1) is 0 Å². The lowest BCUT2D eigenvalue weighted by atomic mass is 10.1. The fraction of sp³-hybridized carbons (Fsp3) is 0.818. The number of nitrogens with two attached hydrogens (primary N) is 1. The van der Waals surface area contributed by atoms with Crippen molar-refractivity contribution in [2.75, 3.05) is 6.54 Å². The topological polar surface area (TPSA) is 113 Å². The van der Waals surface area contributed by atoms with E-state index in [1.165, 1.54) is 0 Å². The van der Waals surface area contributed by atoms with E-state index < -0.39 is 18.0 Å². The van der Waals surface area contributed by atoms with Gasteiger partial charge in [0.2, 0.25) is 0 Å². The molecule has 0 aromatic carbocycles. The molecule has 2 atom stereocenters. The van der Waals surface area contributed by atoms with Crippen molar-refractivity contribution in [3.05, 3.63) is 0 Å². The van der Waals surface area contributed by atoms with E-state index in [1.807, 2.05) is 13.8 Å². The Kier molecular flexibility index (Phi) is 7.49. The van der Waals surface area contributed by atoms with Gasteiger partial charge in [0.05, 0.1) is 0 Å². The molecule has 1 rings (SSSR count).